The van der Waals surface area contributed by atoms with Gasteiger partial charge in [-0.3, -0.25) is 4.79 Å². The van der Waals surface area contributed by atoms with Crippen molar-refractivity contribution in [2.24, 2.45) is 5.16 Å². The van der Waals surface area contributed by atoms with Crippen LogP contribution >= 0.6 is 0 Å². The summed E-state index contributed by atoms with van der Waals surface area (Å²) >= 11 is 0. The molecule has 1 heterocycles. The first-order valence-electron chi connectivity index (χ1n) is 5.04. The number of fused-ring (bicyclic) bond motifs is 1. The van der Waals surface area contributed by atoms with E-state index in [0.717, 1.165) is 16.3 Å². The van der Waals surface area contributed by atoms with Crippen LogP contribution in [0.2, 0.25) is 0 Å². The van der Waals surface area contributed by atoms with E-state index in [4.69, 9.17) is 5.21 Å². The molecule has 0 radical (unpaired) electrons. The highest BCUT2D eigenvalue weighted by atomic mass is 16.4. The molecule has 0 aliphatic rings. The summed E-state index contributed by atoms with van der Waals surface area (Å²) in [5, 5.41) is 15.9. The lowest BCUT2D eigenvalue weighted by Crippen LogP contribution is -2.07. The molecule has 0 saturated heterocycles. The maximum atomic E-state index is 11.0. The van der Waals surface area contributed by atoms with Gasteiger partial charge in [0.15, 0.2) is 0 Å². The van der Waals surface area contributed by atoms with E-state index in [2.05, 4.69) is 15.5 Å². The third kappa shape index (κ3) is 2.39. The van der Waals surface area contributed by atoms with E-state index in [-0.39, 0.29) is 5.91 Å². The van der Waals surface area contributed by atoms with Gasteiger partial charge in [0, 0.05) is 18.5 Å². The Kier molecular flexibility index (Phi) is 3.00. The van der Waals surface area contributed by atoms with Gasteiger partial charge in [-0.05, 0) is 23.1 Å². The average Bonchev–Trinajstić information content (AvgIpc) is 2.29. The smallest absolute Gasteiger partial charge is 0.222 e. The van der Waals surface area contributed by atoms with E-state index in [1.807, 2.05) is 18.2 Å². The van der Waals surface area contributed by atoms with E-state index in [0.29, 0.717) is 5.82 Å². The Morgan fingerprint density at radius 2 is 2.29 bits per heavy atom. The van der Waals surface area contributed by atoms with Crippen molar-refractivity contribution in [2.75, 3.05) is 5.32 Å². The first-order chi connectivity index (χ1) is 8.20. The van der Waals surface area contributed by atoms with Crippen molar-refractivity contribution in [3.8, 4) is 0 Å². The SMILES string of the molecule is CC(=O)Nc1nccc2cc(C=NO)ccc12. The zero-order chi connectivity index (χ0) is 12.3. The number of anilines is 1. The normalized spacial score (nSPS) is 10.9. The van der Waals surface area contributed by atoms with Gasteiger partial charge in [-0.1, -0.05) is 17.3 Å². The molecule has 2 rings (SSSR count). The van der Waals surface area contributed by atoms with Crippen LogP contribution in [0.5, 0.6) is 0 Å². The highest BCUT2D eigenvalue weighted by molar-refractivity contribution is 6.01. The predicted molar refractivity (Wildman–Crippen MR) is 65.4 cm³/mol. The fourth-order valence-corrected chi connectivity index (χ4v) is 1.61. The first kappa shape index (κ1) is 11.1. The van der Waals surface area contributed by atoms with Crippen molar-refractivity contribution in [3.05, 3.63) is 36.0 Å². The Labute approximate surface area is 97.8 Å². The zero-order valence-electron chi connectivity index (χ0n) is 9.21. The summed E-state index contributed by atoms with van der Waals surface area (Å²) in [5.74, 6) is 0.369. The molecule has 0 atom stereocenters. The minimum atomic E-state index is -0.161. The van der Waals surface area contributed by atoms with E-state index >= 15 is 0 Å². The van der Waals surface area contributed by atoms with Gasteiger partial charge in [0.2, 0.25) is 5.91 Å². The van der Waals surface area contributed by atoms with Crippen LogP contribution in [0.25, 0.3) is 10.8 Å². The molecule has 0 bridgehead atoms. The molecule has 86 valence electrons. The molecule has 2 N–H and O–H groups in total. The highest BCUT2D eigenvalue weighted by Gasteiger charge is 2.03. The molecule has 0 unspecified atom stereocenters. The van der Waals surface area contributed by atoms with Crippen LogP contribution in [-0.4, -0.2) is 22.3 Å². The predicted octanol–water partition coefficient (Wildman–Crippen LogP) is 2.00. The summed E-state index contributed by atoms with van der Waals surface area (Å²) in [6, 6.07) is 7.29. The Hall–Kier alpha value is -2.43. The number of benzene rings is 1. The van der Waals surface area contributed by atoms with Gasteiger partial charge < -0.3 is 10.5 Å². The molecule has 17 heavy (non-hydrogen) atoms. The lowest BCUT2D eigenvalue weighted by Gasteiger charge is -2.06. The summed E-state index contributed by atoms with van der Waals surface area (Å²) in [5.41, 5.74) is 0.778. The van der Waals surface area contributed by atoms with E-state index in [1.54, 1.807) is 12.3 Å². The van der Waals surface area contributed by atoms with Crippen LogP contribution in [0, 0.1) is 0 Å². The molecule has 1 aromatic carbocycles. The topological polar surface area (TPSA) is 74.6 Å². The second-order valence-electron chi connectivity index (χ2n) is 3.57. The number of nitrogens with one attached hydrogen (secondary N) is 1. The lowest BCUT2D eigenvalue weighted by molar-refractivity contribution is -0.114. The number of amides is 1. The minimum Gasteiger partial charge on any atom is -0.411 e. The molecule has 0 saturated carbocycles. The summed E-state index contributed by atoms with van der Waals surface area (Å²) < 4.78 is 0. The Balaban J connectivity index is 2.54. The van der Waals surface area contributed by atoms with Gasteiger partial charge in [0.05, 0.1) is 6.21 Å². The summed E-state index contributed by atoms with van der Waals surface area (Å²) in [6.07, 6.45) is 2.96. The van der Waals surface area contributed by atoms with Crippen molar-refractivity contribution >= 4 is 28.7 Å². The van der Waals surface area contributed by atoms with Gasteiger partial charge in [-0.2, -0.15) is 0 Å². The first-order valence-corrected chi connectivity index (χ1v) is 5.04. The molecule has 2 aromatic rings. The van der Waals surface area contributed by atoms with E-state index in [1.165, 1.54) is 13.1 Å². The fraction of sp³-hybridized carbons (Fsp3) is 0.0833. The number of nitrogens with zero attached hydrogens (tertiary/aromatic N) is 2. The molecule has 0 fully saturated rings. The van der Waals surface area contributed by atoms with Crippen LogP contribution in [0.3, 0.4) is 0 Å². The van der Waals surface area contributed by atoms with E-state index < -0.39 is 0 Å². The Morgan fingerprint density at radius 3 is 3.00 bits per heavy atom. The number of aromatic nitrogens is 1. The number of oxime groups is 1. The largest absolute Gasteiger partial charge is 0.411 e. The van der Waals surface area contributed by atoms with Crippen LogP contribution in [0.1, 0.15) is 12.5 Å². The van der Waals surface area contributed by atoms with Crippen LogP contribution < -0.4 is 5.32 Å². The molecule has 5 heteroatoms. The Bertz CT molecular complexity index is 593. The molecular formula is C12H11N3O2. The third-order valence-electron chi connectivity index (χ3n) is 2.29. The van der Waals surface area contributed by atoms with Gasteiger partial charge in [-0.15, -0.1) is 0 Å². The second-order valence-corrected chi connectivity index (χ2v) is 3.57. The van der Waals surface area contributed by atoms with Gasteiger partial charge in [-0.25, -0.2) is 4.98 Å². The van der Waals surface area contributed by atoms with Gasteiger partial charge in [0.1, 0.15) is 5.82 Å². The van der Waals surface area contributed by atoms with Crippen LogP contribution in [0.4, 0.5) is 5.82 Å². The second kappa shape index (κ2) is 4.61. The van der Waals surface area contributed by atoms with E-state index in [9.17, 15) is 4.79 Å². The van der Waals surface area contributed by atoms with Crippen LogP contribution in [-0.2, 0) is 4.79 Å². The third-order valence-corrected chi connectivity index (χ3v) is 2.29. The number of carbonyl (C=O) groups excluding carboxylic acids is 1. The highest BCUT2D eigenvalue weighted by Crippen LogP contribution is 2.21. The van der Waals surface area contributed by atoms with Crippen molar-refractivity contribution in [3.63, 3.8) is 0 Å². The van der Waals surface area contributed by atoms with Crippen molar-refractivity contribution in [1.29, 1.82) is 0 Å². The zero-order valence-corrected chi connectivity index (χ0v) is 9.21. The molecule has 1 aromatic heterocycles. The monoisotopic (exact) mass is 229 g/mol. The minimum absolute atomic E-state index is 0.161. The fourth-order valence-electron chi connectivity index (χ4n) is 1.61. The number of pyridine rings is 1. The summed E-state index contributed by atoms with van der Waals surface area (Å²) in [4.78, 5) is 15.1. The molecule has 0 aliphatic heterocycles. The summed E-state index contributed by atoms with van der Waals surface area (Å²) in [6.45, 7) is 1.44. The Morgan fingerprint density at radius 1 is 1.47 bits per heavy atom. The quantitative estimate of drug-likeness (QED) is 0.470. The lowest BCUT2D eigenvalue weighted by atomic mass is 10.1. The number of rotatable bonds is 2. The van der Waals surface area contributed by atoms with Crippen molar-refractivity contribution in [2.45, 2.75) is 6.92 Å². The maximum Gasteiger partial charge on any atom is 0.222 e. The molecule has 5 nitrogen and oxygen atoms in total. The number of hydrogen-bond donors (Lipinski definition) is 2. The van der Waals surface area contributed by atoms with Crippen LogP contribution in [0.15, 0.2) is 35.6 Å². The number of hydrogen-bond acceptors (Lipinski definition) is 4. The average molecular weight is 229 g/mol. The molecule has 0 spiro atoms. The standard InChI is InChI=1S/C12H11N3O2/c1-8(16)15-12-11-3-2-9(7-14-17)6-10(11)4-5-13-12/h2-7,17H,1H3,(H,13,15,16). The van der Waals surface area contributed by atoms with Gasteiger partial charge in [0.25, 0.3) is 0 Å². The summed E-state index contributed by atoms with van der Waals surface area (Å²) in [7, 11) is 0. The maximum absolute atomic E-state index is 11.0. The number of carbonyl (C=O) groups is 1. The van der Waals surface area contributed by atoms with Crippen molar-refractivity contribution in [1.82, 2.24) is 4.98 Å². The van der Waals surface area contributed by atoms with Crippen molar-refractivity contribution < 1.29 is 10.0 Å². The molecule has 0 aliphatic carbocycles. The molecule has 1 amide bonds. The molecular weight excluding hydrogens is 218 g/mol. The van der Waals surface area contributed by atoms with Gasteiger partial charge >= 0.3 is 0 Å².